The molecule has 322 valence electrons. The lowest BCUT2D eigenvalue weighted by Gasteiger charge is -2.17. The van der Waals surface area contributed by atoms with Crippen molar-refractivity contribution < 1.29 is 52.3 Å². The Morgan fingerprint density at radius 2 is 1.11 bits per heavy atom. The highest BCUT2D eigenvalue weighted by Crippen LogP contribution is 2.32. The van der Waals surface area contributed by atoms with E-state index in [-0.39, 0.29) is 24.6 Å². The second-order valence-electron chi connectivity index (χ2n) is 15.0. The van der Waals surface area contributed by atoms with Crippen LogP contribution in [-0.2, 0) is 35.1 Å². The third-order valence-electron chi connectivity index (χ3n) is 10.4. The summed E-state index contributed by atoms with van der Waals surface area (Å²) in [4.78, 5) is 36.9. The summed E-state index contributed by atoms with van der Waals surface area (Å²) in [6.45, 7) is 8.18. The molecule has 4 atom stereocenters. The second-order valence-corrected chi connectivity index (χ2v) is 15.0. The van der Waals surface area contributed by atoms with Crippen molar-refractivity contribution in [3.8, 4) is 17.2 Å². The summed E-state index contributed by atoms with van der Waals surface area (Å²) in [6.07, 6.45) is 11.9. The first-order chi connectivity index (χ1) is 29.9. The molecular formula is C50H56O11. The van der Waals surface area contributed by atoms with E-state index in [9.17, 15) is 14.4 Å². The quantitative estimate of drug-likeness (QED) is 0.0220. The van der Waals surface area contributed by atoms with Crippen LogP contribution in [0.1, 0.15) is 95.7 Å². The molecule has 2 aliphatic rings. The topological polar surface area (TPSA) is 125 Å². The summed E-state index contributed by atoms with van der Waals surface area (Å²) in [5.74, 6) is 0.360. The first-order valence-corrected chi connectivity index (χ1v) is 21.3. The van der Waals surface area contributed by atoms with E-state index in [1.165, 1.54) is 19.3 Å². The first kappa shape index (κ1) is 44.8. The fraction of sp³-hybridized carbons (Fsp3) is 0.380. The van der Waals surface area contributed by atoms with Crippen LogP contribution in [0.2, 0.25) is 0 Å². The van der Waals surface area contributed by atoms with E-state index in [4.69, 9.17) is 37.9 Å². The van der Waals surface area contributed by atoms with Gasteiger partial charge in [-0.1, -0.05) is 81.3 Å². The van der Waals surface area contributed by atoms with Gasteiger partial charge in [0.05, 0.1) is 50.8 Å². The minimum Gasteiger partial charge on any atom is -0.494 e. The van der Waals surface area contributed by atoms with E-state index in [1.807, 2.05) is 24.3 Å². The molecule has 0 bridgehead atoms. The summed E-state index contributed by atoms with van der Waals surface area (Å²) >= 11 is 0. The number of ether oxygens (including phenoxy) is 8. The molecule has 6 rings (SSSR count). The van der Waals surface area contributed by atoms with Gasteiger partial charge in [-0.05, 0) is 109 Å². The van der Waals surface area contributed by atoms with Gasteiger partial charge in [-0.15, -0.1) is 0 Å². The van der Waals surface area contributed by atoms with Gasteiger partial charge in [0, 0.05) is 6.08 Å². The Morgan fingerprint density at radius 1 is 0.607 bits per heavy atom. The van der Waals surface area contributed by atoms with E-state index in [0.29, 0.717) is 43.3 Å². The van der Waals surface area contributed by atoms with Crippen molar-refractivity contribution in [2.24, 2.45) is 0 Å². The van der Waals surface area contributed by atoms with Crippen LogP contribution in [0.5, 0.6) is 17.2 Å². The summed E-state index contributed by atoms with van der Waals surface area (Å²) in [5, 5.41) is 0. The van der Waals surface area contributed by atoms with Gasteiger partial charge in [-0.3, -0.25) is 0 Å². The Labute approximate surface area is 358 Å². The Kier molecular flexibility index (Phi) is 17.5. The summed E-state index contributed by atoms with van der Waals surface area (Å²) in [6, 6.07) is 29.3. The molecule has 0 spiro atoms. The molecule has 0 unspecified atom stereocenters. The van der Waals surface area contributed by atoms with E-state index in [1.54, 1.807) is 48.5 Å². The van der Waals surface area contributed by atoms with Crippen molar-refractivity contribution in [3.63, 3.8) is 0 Å². The molecule has 0 radical (unpaired) electrons. The van der Waals surface area contributed by atoms with E-state index in [0.717, 1.165) is 67.2 Å². The zero-order chi connectivity index (χ0) is 42.7. The van der Waals surface area contributed by atoms with Gasteiger partial charge in [-0.25, -0.2) is 14.4 Å². The monoisotopic (exact) mass is 832 g/mol. The van der Waals surface area contributed by atoms with Crippen LogP contribution in [-0.4, -0.2) is 75.4 Å². The molecule has 0 aromatic heterocycles. The van der Waals surface area contributed by atoms with Crippen LogP contribution in [0.3, 0.4) is 0 Å². The van der Waals surface area contributed by atoms with Crippen molar-refractivity contribution in [2.45, 2.75) is 89.3 Å². The van der Waals surface area contributed by atoms with E-state index < -0.39 is 30.1 Å². The molecule has 61 heavy (non-hydrogen) atoms. The molecule has 4 aromatic rings. The molecule has 0 N–H and O–H groups in total. The molecule has 0 amide bonds. The van der Waals surface area contributed by atoms with Crippen molar-refractivity contribution >= 4 is 30.1 Å². The Balaban J connectivity index is 0.868. The Bertz CT molecular complexity index is 2010. The number of hydrogen-bond donors (Lipinski definition) is 0. The summed E-state index contributed by atoms with van der Waals surface area (Å²) in [7, 11) is 0. The third kappa shape index (κ3) is 14.2. The molecule has 2 aliphatic heterocycles. The van der Waals surface area contributed by atoms with Crippen molar-refractivity contribution in [2.75, 3.05) is 33.0 Å². The van der Waals surface area contributed by atoms with Crippen molar-refractivity contribution in [1.82, 2.24) is 0 Å². The van der Waals surface area contributed by atoms with Gasteiger partial charge in [0.15, 0.2) is 6.10 Å². The van der Waals surface area contributed by atoms with Crippen LogP contribution < -0.4 is 14.2 Å². The molecule has 0 aliphatic carbocycles. The molecule has 2 heterocycles. The summed E-state index contributed by atoms with van der Waals surface area (Å²) in [5.41, 5.74) is 3.88. The number of carbonyl (C=O) groups is 3. The number of hydrogen-bond acceptors (Lipinski definition) is 11. The number of unbranched alkanes of at least 4 members (excludes halogenated alkanes) is 6. The number of esters is 3. The SMILES string of the molecule is C=CC(=O)OCCCCCCOc1ccc(C(=O)Oc2ccc(C(=O)O[C@@H]3CO[C@@H]4[C@H]3OC[C@@H]4OCc3ccc(/C=C/c4ccc(OCCCCCC)cc4)cc3)cc2)cc1. The predicted octanol–water partition coefficient (Wildman–Crippen LogP) is 9.61. The van der Waals surface area contributed by atoms with Gasteiger partial charge in [0.25, 0.3) is 0 Å². The van der Waals surface area contributed by atoms with Gasteiger partial charge in [0.2, 0.25) is 0 Å². The minimum absolute atomic E-state index is 0.201. The highest BCUT2D eigenvalue weighted by atomic mass is 16.7. The van der Waals surface area contributed by atoms with E-state index in [2.05, 4.69) is 49.9 Å². The highest BCUT2D eigenvalue weighted by molar-refractivity contribution is 5.92. The van der Waals surface area contributed by atoms with Crippen molar-refractivity contribution in [3.05, 3.63) is 138 Å². The first-order valence-electron chi connectivity index (χ1n) is 21.3. The average molecular weight is 833 g/mol. The van der Waals surface area contributed by atoms with Crippen LogP contribution in [0.4, 0.5) is 0 Å². The van der Waals surface area contributed by atoms with Gasteiger partial charge in [-0.2, -0.15) is 0 Å². The number of carbonyl (C=O) groups excluding carboxylic acids is 3. The molecule has 0 saturated carbocycles. The van der Waals surface area contributed by atoms with E-state index >= 15 is 0 Å². The smallest absolute Gasteiger partial charge is 0.343 e. The highest BCUT2D eigenvalue weighted by Gasteiger charge is 2.50. The fourth-order valence-corrected chi connectivity index (χ4v) is 6.88. The minimum atomic E-state index is -0.582. The zero-order valence-corrected chi connectivity index (χ0v) is 34.9. The molecule has 2 saturated heterocycles. The zero-order valence-electron chi connectivity index (χ0n) is 34.9. The molecule has 11 nitrogen and oxygen atoms in total. The van der Waals surface area contributed by atoms with Crippen molar-refractivity contribution in [1.29, 1.82) is 0 Å². The maximum absolute atomic E-state index is 13.1. The van der Waals surface area contributed by atoms with Gasteiger partial charge >= 0.3 is 17.9 Å². The lowest BCUT2D eigenvalue weighted by atomic mass is 10.1. The molecule has 4 aromatic carbocycles. The Hall–Kier alpha value is -5.75. The fourth-order valence-electron chi connectivity index (χ4n) is 6.88. The third-order valence-corrected chi connectivity index (χ3v) is 10.4. The largest absolute Gasteiger partial charge is 0.494 e. The predicted molar refractivity (Wildman–Crippen MR) is 232 cm³/mol. The van der Waals surface area contributed by atoms with Gasteiger partial charge < -0.3 is 37.9 Å². The molecule has 2 fully saturated rings. The summed E-state index contributed by atoms with van der Waals surface area (Å²) < 4.78 is 46.1. The van der Waals surface area contributed by atoms with Gasteiger partial charge in [0.1, 0.15) is 35.6 Å². The lowest BCUT2D eigenvalue weighted by molar-refractivity contribution is -0.137. The lowest BCUT2D eigenvalue weighted by Crippen LogP contribution is -2.35. The number of fused-ring (bicyclic) bond motifs is 1. The number of rotatable bonds is 24. The van der Waals surface area contributed by atoms with Crippen LogP contribution in [0.15, 0.2) is 110 Å². The standard InChI is InChI=1S/C50H56O11/c1-3-5-6-9-30-54-41-24-18-37(19-25-41)13-12-36-14-16-38(17-15-36)33-57-44-34-58-48-45(35-59-47(44)48)61-50(53)40-22-28-43(29-23-40)60-49(52)39-20-26-42(27-21-39)55-31-10-7-8-11-32-56-46(51)4-2/h4,12-29,44-45,47-48H,2-3,5-11,30-35H2,1H3/b13-12+/t44-,45+,47-,48-/m0/s1. The maximum atomic E-state index is 13.1. The average Bonchev–Trinajstić information content (AvgIpc) is 3.89. The second kappa shape index (κ2) is 23.9. The van der Waals surface area contributed by atoms with Crippen LogP contribution in [0.25, 0.3) is 12.2 Å². The normalized spacial score (nSPS) is 18.0. The number of benzene rings is 4. The maximum Gasteiger partial charge on any atom is 0.343 e. The molecule has 11 heteroatoms. The molecular weight excluding hydrogens is 777 g/mol. The Morgan fingerprint density at radius 3 is 1.72 bits per heavy atom. The van der Waals surface area contributed by atoms with Crippen LogP contribution >= 0.6 is 0 Å². The van der Waals surface area contributed by atoms with Crippen LogP contribution in [0, 0.1) is 0 Å².